The second-order valence-electron chi connectivity index (χ2n) is 4.49. The smallest absolute Gasteiger partial charge is 0.119 e. The molecule has 0 N–H and O–H groups in total. The van der Waals surface area contributed by atoms with Gasteiger partial charge in [0.15, 0.2) is 0 Å². The van der Waals surface area contributed by atoms with E-state index in [1.54, 1.807) is 0 Å². The highest BCUT2D eigenvalue weighted by Crippen LogP contribution is 2.17. The maximum Gasteiger partial charge on any atom is 0.119 e. The fraction of sp³-hybridized carbons (Fsp3) is 0.250. The van der Waals surface area contributed by atoms with Gasteiger partial charge in [-0.15, -0.1) is 0 Å². The Balaban J connectivity index is 1.76. The van der Waals surface area contributed by atoms with E-state index in [0.717, 1.165) is 23.3 Å². The molecule has 2 aromatic carbocycles. The minimum atomic E-state index is 0.699. The first-order valence-corrected chi connectivity index (χ1v) is 7.15. The van der Waals surface area contributed by atoms with Gasteiger partial charge in [-0.2, -0.15) is 0 Å². The van der Waals surface area contributed by atoms with Gasteiger partial charge in [-0.1, -0.05) is 52.3 Å². The Morgan fingerprint density at radius 2 is 1.68 bits per heavy atom. The van der Waals surface area contributed by atoms with Gasteiger partial charge in [0, 0.05) is 17.6 Å². The van der Waals surface area contributed by atoms with Gasteiger partial charge in [-0.3, -0.25) is 4.90 Å². The number of ether oxygens (including phenoxy) is 1. The summed E-state index contributed by atoms with van der Waals surface area (Å²) in [7, 11) is 2.10. The van der Waals surface area contributed by atoms with E-state index in [4.69, 9.17) is 4.74 Å². The molecule has 0 heterocycles. The van der Waals surface area contributed by atoms with Crippen LogP contribution in [0.15, 0.2) is 59.1 Å². The number of rotatable bonds is 6. The monoisotopic (exact) mass is 319 g/mol. The normalized spacial score (nSPS) is 10.7. The fourth-order valence-corrected chi connectivity index (χ4v) is 2.24. The summed E-state index contributed by atoms with van der Waals surface area (Å²) in [5.41, 5.74) is 1.30. The van der Waals surface area contributed by atoms with Crippen LogP contribution in [0.4, 0.5) is 0 Å². The average molecular weight is 320 g/mol. The third-order valence-electron chi connectivity index (χ3n) is 2.88. The topological polar surface area (TPSA) is 12.5 Å². The minimum absolute atomic E-state index is 0.699. The van der Waals surface area contributed by atoms with Gasteiger partial charge in [0.1, 0.15) is 12.4 Å². The Morgan fingerprint density at radius 3 is 2.42 bits per heavy atom. The predicted molar refractivity (Wildman–Crippen MR) is 82.4 cm³/mol. The van der Waals surface area contributed by atoms with Crippen molar-refractivity contribution >= 4 is 15.9 Å². The van der Waals surface area contributed by atoms with Crippen molar-refractivity contribution in [2.45, 2.75) is 6.54 Å². The van der Waals surface area contributed by atoms with Gasteiger partial charge < -0.3 is 4.74 Å². The van der Waals surface area contributed by atoms with Crippen LogP contribution in [0.25, 0.3) is 0 Å². The number of benzene rings is 2. The zero-order valence-electron chi connectivity index (χ0n) is 11.1. The molecule has 19 heavy (non-hydrogen) atoms. The summed E-state index contributed by atoms with van der Waals surface area (Å²) in [6.07, 6.45) is 0. The van der Waals surface area contributed by atoms with E-state index >= 15 is 0 Å². The van der Waals surface area contributed by atoms with Crippen molar-refractivity contribution in [1.82, 2.24) is 4.90 Å². The maximum absolute atomic E-state index is 5.69. The van der Waals surface area contributed by atoms with Gasteiger partial charge in [0.2, 0.25) is 0 Å². The van der Waals surface area contributed by atoms with E-state index in [-0.39, 0.29) is 0 Å². The summed E-state index contributed by atoms with van der Waals surface area (Å²) < 4.78 is 6.85. The quantitative estimate of drug-likeness (QED) is 0.799. The average Bonchev–Trinajstić information content (AvgIpc) is 2.43. The van der Waals surface area contributed by atoms with Gasteiger partial charge in [0.05, 0.1) is 0 Å². The molecule has 0 amide bonds. The molecule has 0 fully saturated rings. The molecule has 0 saturated heterocycles. The fourth-order valence-electron chi connectivity index (χ4n) is 1.83. The Hall–Kier alpha value is -1.32. The summed E-state index contributed by atoms with van der Waals surface area (Å²) in [5, 5.41) is 0. The van der Waals surface area contributed by atoms with Gasteiger partial charge in [-0.05, 0) is 30.8 Å². The molecule has 3 heteroatoms. The van der Waals surface area contributed by atoms with E-state index in [1.165, 1.54) is 5.56 Å². The molecule has 0 radical (unpaired) electrons. The molecule has 0 unspecified atom stereocenters. The van der Waals surface area contributed by atoms with Crippen molar-refractivity contribution in [3.05, 3.63) is 64.6 Å². The molecular weight excluding hydrogens is 302 g/mol. The molecular formula is C16H18BrNO. The molecule has 0 spiro atoms. The molecule has 0 atom stereocenters. The first-order chi connectivity index (χ1) is 9.25. The number of para-hydroxylation sites is 1. The van der Waals surface area contributed by atoms with Crippen molar-refractivity contribution in [1.29, 1.82) is 0 Å². The van der Waals surface area contributed by atoms with E-state index in [1.807, 2.05) is 36.4 Å². The van der Waals surface area contributed by atoms with Gasteiger partial charge in [-0.25, -0.2) is 0 Å². The van der Waals surface area contributed by atoms with Crippen molar-refractivity contribution < 1.29 is 4.74 Å². The standard InChI is InChI=1S/C16H18BrNO/c1-18(13-14-7-5-6-10-16(14)17)11-12-19-15-8-3-2-4-9-15/h2-10H,11-13H2,1H3. The van der Waals surface area contributed by atoms with Crippen LogP contribution in [0, 0.1) is 0 Å². The number of hydrogen-bond donors (Lipinski definition) is 0. The number of likely N-dealkylation sites (N-methyl/N-ethyl adjacent to an activating group) is 1. The lowest BCUT2D eigenvalue weighted by atomic mass is 10.2. The summed E-state index contributed by atoms with van der Waals surface area (Å²) in [6.45, 7) is 2.51. The predicted octanol–water partition coefficient (Wildman–Crippen LogP) is 3.96. The molecule has 0 saturated carbocycles. The van der Waals surface area contributed by atoms with Crippen LogP contribution in [0.3, 0.4) is 0 Å². The van der Waals surface area contributed by atoms with Crippen molar-refractivity contribution in [3.8, 4) is 5.75 Å². The largest absolute Gasteiger partial charge is 0.492 e. The summed E-state index contributed by atoms with van der Waals surface area (Å²) >= 11 is 3.57. The Bertz CT molecular complexity index is 501. The van der Waals surface area contributed by atoms with Crippen molar-refractivity contribution in [2.75, 3.05) is 20.2 Å². The van der Waals surface area contributed by atoms with E-state index in [9.17, 15) is 0 Å². The van der Waals surface area contributed by atoms with Crippen LogP contribution in [-0.4, -0.2) is 25.1 Å². The summed E-state index contributed by atoms with van der Waals surface area (Å²) in [4.78, 5) is 2.25. The van der Waals surface area contributed by atoms with Gasteiger partial charge in [0.25, 0.3) is 0 Å². The highest BCUT2D eigenvalue weighted by Gasteiger charge is 2.03. The lowest BCUT2D eigenvalue weighted by Gasteiger charge is -2.17. The zero-order chi connectivity index (χ0) is 13.5. The highest BCUT2D eigenvalue weighted by molar-refractivity contribution is 9.10. The summed E-state index contributed by atoms with van der Waals surface area (Å²) in [5.74, 6) is 0.928. The Morgan fingerprint density at radius 1 is 1.00 bits per heavy atom. The lowest BCUT2D eigenvalue weighted by molar-refractivity contribution is 0.232. The van der Waals surface area contributed by atoms with E-state index in [2.05, 4.69) is 46.1 Å². The van der Waals surface area contributed by atoms with E-state index < -0.39 is 0 Å². The highest BCUT2D eigenvalue weighted by atomic mass is 79.9. The second-order valence-corrected chi connectivity index (χ2v) is 5.35. The molecule has 100 valence electrons. The third kappa shape index (κ3) is 4.69. The molecule has 2 rings (SSSR count). The second kappa shape index (κ2) is 7.31. The minimum Gasteiger partial charge on any atom is -0.492 e. The molecule has 0 aliphatic rings. The Labute approximate surface area is 123 Å². The van der Waals surface area contributed by atoms with Crippen molar-refractivity contribution in [2.24, 2.45) is 0 Å². The first kappa shape index (κ1) is 14.1. The molecule has 0 bridgehead atoms. The van der Waals surface area contributed by atoms with Gasteiger partial charge >= 0.3 is 0 Å². The molecule has 0 aliphatic heterocycles. The van der Waals surface area contributed by atoms with Crippen LogP contribution in [0.1, 0.15) is 5.56 Å². The Kier molecular flexibility index (Phi) is 5.43. The van der Waals surface area contributed by atoms with Crippen LogP contribution < -0.4 is 4.74 Å². The maximum atomic E-state index is 5.69. The number of nitrogens with zero attached hydrogens (tertiary/aromatic N) is 1. The van der Waals surface area contributed by atoms with E-state index in [0.29, 0.717) is 6.61 Å². The zero-order valence-corrected chi connectivity index (χ0v) is 12.6. The lowest BCUT2D eigenvalue weighted by Crippen LogP contribution is -2.24. The SMILES string of the molecule is CN(CCOc1ccccc1)Cc1ccccc1Br. The van der Waals surface area contributed by atoms with Crippen LogP contribution in [0.2, 0.25) is 0 Å². The number of halogens is 1. The molecule has 0 aromatic heterocycles. The number of hydrogen-bond acceptors (Lipinski definition) is 2. The first-order valence-electron chi connectivity index (χ1n) is 6.35. The molecule has 2 aromatic rings. The van der Waals surface area contributed by atoms with Crippen LogP contribution in [0.5, 0.6) is 5.75 Å². The molecule has 0 aliphatic carbocycles. The third-order valence-corrected chi connectivity index (χ3v) is 3.66. The molecule has 2 nitrogen and oxygen atoms in total. The van der Waals surface area contributed by atoms with Crippen LogP contribution >= 0.6 is 15.9 Å². The van der Waals surface area contributed by atoms with Crippen molar-refractivity contribution in [3.63, 3.8) is 0 Å². The summed E-state index contributed by atoms with van der Waals surface area (Å²) in [6, 6.07) is 18.2. The van der Waals surface area contributed by atoms with Crippen LogP contribution in [-0.2, 0) is 6.54 Å².